The summed E-state index contributed by atoms with van der Waals surface area (Å²) in [5.41, 5.74) is 3.40. The number of halogens is 2. The van der Waals surface area contributed by atoms with Crippen LogP contribution in [0.5, 0.6) is 0 Å². The first-order chi connectivity index (χ1) is 15.6. The monoisotopic (exact) mass is 552 g/mol. The van der Waals surface area contributed by atoms with Crippen LogP contribution in [0.4, 0.5) is 0 Å². The lowest BCUT2D eigenvalue weighted by molar-refractivity contribution is -0.139. The Labute approximate surface area is 204 Å². The number of aromatic nitrogens is 2. The van der Waals surface area contributed by atoms with E-state index in [4.69, 9.17) is 4.74 Å². The van der Waals surface area contributed by atoms with E-state index in [2.05, 4.69) is 77.8 Å². The van der Waals surface area contributed by atoms with Crippen LogP contribution in [-0.4, -0.2) is 27.5 Å². The van der Waals surface area contributed by atoms with E-state index in [1.807, 2.05) is 67.1 Å². The lowest BCUT2D eigenvalue weighted by Gasteiger charge is -2.37. The van der Waals surface area contributed by atoms with Gasteiger partial charge in [0.05, 0.1) is 24.0 Å². The van der Waals surface area contributed by atoms with E-state index in [0.29, 0.717) is 0 Å². The number of carbonyl (C=O) groups is 1. The highest BCUT2D eigenvalue weighted by atomic mass is 79.9. The van der Waals surface area contributed by atoms with Gasteiger partial charge in [0.2, 0.25) is 0 Å². The van der Waals surface area contributed by atoms with Gasteiger partial charge in [-0.1, -0.05) is 123 Å². The fourth-order valence-corrected chi connectivity index (χ4v) is 4.94. The third-order valence-corrected chi connectivity index (χ3v) is 8.14. The normalized spacial score (nSPS) is 13.3. The molecule has 0 spiro atoms. The first-order valence-corrected chi connectivity index (χ1v) is 12.0. The third-order valence-electron chi connectivity index (χ3n) is 5.53. The number of alkyl halides is 2. The molecule has 3 aromatic carbocycles. The Bertz CT molecular complexity index is 1070. The zero-order valence-corrected chi connectivity index (χ0v) is 20.6. The first kappa shape index (κ1) is 22.5. The molecule has 0 aliphatic heterocycles. The molecule has 0 amide bonds. The molecule has 0 radical (unpaired) electrons. The van der Waals surface area contributed by atoms with Crippen LogP contribution in [0.2, 0.25) is 0 Å². The number of methoxy groups -OCH3 is 1. The fraction of sp³-hybridized carbons (Fsp3) is 0.154. The van der Waals surface area contributed by atoms with Crippen molar-refractivity contribution in [1.82, 2.24) is 9.55 Å². The summed E-state index contributed by atoms with van der Waals surface area (Å²) in [4.78, 5) is 15.8. The van der Waals surface area contributed by atoms with Crippen LogP contribution >= 0.6 is 31.9 Å². The topological polar surface area (TPSA) is 44.1 Å². The second kappa shape index (κ2) is 9.84. The number of hydrogen-bond acceptors (Lipinski definition) is 3. The van der Waals surface area contributed by atoms with Gasteiger partial charge in [-0.15, -0.1) is 0 Å². The van der Waals surface area contributed by atoms with E-state index < -0.39 is 10.4 Å². The van der Waals surface area contributed by atoms with E-state index >= 15 is 0 Å². The molecular formula is C26H22Br2N2O2. The van der Waals surface area contributed by atoms with Crippen LogP contribution in [0.25, 0.3) is 0 Å². The van der Waals surface area contributed by atoms with Gasteiger partial charge in [-0.25, -0.2) is 4.98 Å². The molecule has 0 aliphatic rings. The number of benzene rings is 3. The number of ether oxygens (including phenoxy) is 1. The zero-order valence-electron chi connectivity index (χ0n) is 17.4. The predicted molar refractivity (Wildman–Crippen MR) is 133 cm³/mol. The Kier molecular flexibility index (Phi) is 6.92. The molecule has 1 heterocycles. The van der Waals surface area contributed by atoms with Gasteiger partial charge in [-0.05, 0) is 16.7 Å². The molecular weight excluding hydrogens is 532 g/mol. The Hall–Kier alpha value is -2.70. The molecule has 4 aromatic rings. The third kappa shape index (κ3) is 4.05. The molecule has 0 saturated carbocycles. The maximum absolute atomic E-state index is 12.1. The van der Waals surface area contributed by atoms with Gasteiger partial charge < -0.3 is 9.30 Å². The Morgan fingerprint density at radius 1 is 0.844 bits per heavy atom. The SMILES string of the molecule is COC(=O)[C@@H](Br)[C@@H](Br)c1cn(C(c2ccccc2)(c2ccccc2)c2ccccc2)cn1. The summed E-state index contributed by atoms with van der Waals surface area (Å²) in [6, 6.07) is 31.1. The Morgan fingerprint density at radius 2 is 1.28 bits per heavy atom. The van der Waals surface area contributed by atoms with Gasteiger partial charge in [0.15, 0.2) is 0 Å². The van der Waals surface area contributed by atoms with E-state index in [9.17, 15) is 4.79 Å². The second-order valence-corrected chi connectivity index (χ2v) is 9.31. The molecule has 0 fully saturated rings. The first-order valence-electron chi connectivity index (χ1n) is 10.2. The molecule has 0 saturated heterocycles. The largest absolute Gasteiger partial charge is 0.468 e. The summed E-state index contributed by atoms with van der Waals surface area (Å²) in [6.07, 6.45) is 3.82. The van der Waals surface area contributed by atoms with Crippen molar-refractivity contribution in [2.24, 2.45) is 0 Å². The highest BCUT2D eigenvalue weighted by molar-refractivity contribution is 9.12. The molecule has 162 valence electrons. The highest BCUT2D eigenvalue weighted by Crippen LogP contribution is 2.42. The number of carbonyl (C=O) groups excluding carboxylic acids is 1. The van der Waals surface area contributed by atoms with E-state index in [-0.39, 0.29) is 10.8 Å². The van der Waals surface area contributed by atoms with Crippen LogP contribution in [0.1, 0.15) is 27.2 Å². The van der Waals surface area contributed by atoms with Crippen LogP contribution < -0.4 is 0 Å². The van der Waals surface area contributed by atoms with Crippen LogP contribution in [-0.2, 0) is 15.1 Å². The maximum atomic E-state index is 12.1. The van der Waals surface area contributed by atoms with Crippen molar-refractivity contribution in [2.45, 2.75) is 15.2 Å². The summed E-state index contributed by atoms with van der Waals surface area (Å²) in [7, 11) is 1.38. The standard InChI is InChI=1S/C26H22Br2N2O2/c1-32-25(31)24(28)23(27)22-17-30(18-29-22)26(19-11-5-2-6-12-19,20-13-7-3-8-14-20)21-15-9-4-10-16-21/h2-18,23-24H,1H3/t23-,24-/m0/s1. The van der Waals surface area contributed by atoms with Crippen molar-refractivity contribution in [2.75, 3.05) is 7.11 Å². The smallest absolute Gasteiger partial charge is 0.321 e. The van der Waals surface area contributed by atoms with Crippen molar-refractivity contribution >= 4 is 37.8 Å². The van der Waals surface area contributed by atoms with Gasteiger partial charge in [-0.2, -0.15) is 0 Å². The quantitative estimate of drug-likeness (QED) is 0.158. The molecule has 32 heavy (non-hydrogen) atoms. The van der Waals surface area contributed by atoms with Crippen molar-refractivity contribution < 1.29 is 9.53 Å². The minimum Gasteiger partial charge on any atom is -0.468 e. The van der Waals surface area contributed by atoms with Crippen LogP contribution in [0.15, 0.2) is 104 Å². The molecule has 6 heteroatoms. The van der Waals surface area contributed by atoms with Gasteiger partial charge in [0.1, 0.15) is 10.4 Å². The van der Waals surface area contributed by atoms with Crippen molar-refractivity contribution in [3.63, 3.8) is 0 Å². The van der Waals surface area contributed by atoms with Crippen molar-refractivity contribution in [1.29, 1.82) is 0 Å². The molecule has 2 atom stereocenters. The number of rotatable bonds is 7. The van der Waals surface area contributed by atoms with E-state index in [0.717, 1.165) is 22.4 Å². The van der Waals surface area contributed by atoms with Gasteiger partial charge in [0, 0.05) is 6.20 Å². The van der Waals surface area contributed by atoms with Crippen molar-refractivity contribution in [3.05, 3.63) is 126 Å². The number of esters is 1. The summed E-state index contributed by atoms with van der Waals surface area (Å²) in [5, 5.41) is 0. The molecule has 0 aliphatic carbocycles. The second-order valence-electron chi connectivity index (χ2n) is 7.34. The van der Waals surface area contributed by atoms with Crippen LogP contribution in [0.3, 0.4) is 0 Å². The molecule has 1 aromatic heterocycles. The van der Waals surface area contributed by atoms with E-state index in [1.54, 1.807) is 0 Å². The van der Waals surface area contributed by atoms with Crippen LogP contribution in [0, 0.1) is 0 Å². The minimum absolute atomic E-state index is 0.351. The number of imidazole rings is 1. The molecule has 0 unspecified atom stereocenters. The van der Waals surface area contributed by atoms with E-state index in [1.165, 1.54) is 7.11 Å². The number of nitrogens with zero attached hydrogens (tertiary/aromatic N) is 2. The average Bonchev–Trinajstić information content (AvgIpc) is 3.35. The summed E-state index contributed by atoms with van der Waals surface area (Å²) in [5.74, 6) is -0.359. The fourth-order valence-electron chi connectivity index (χ4n) is 4.03. The molecule has 0 N–H and O–H groups in total. The lowest BCUT2D eigenvalue weighted by atomic mass is 9.77. The highest BCUT2D eigenvalue weighted by Gasteiger charge is 2.39. The molecule has 4 rings (SSSR count). The van der Waals surface area contributed by atoms with Crippen molar-refractivity contribution in [3.8, 4) is 0 Å². The molecule has 4 nitrogen and oxygen atoms in total. The van der Waals surface area contributed by atoms with Gasteiger partial charge in [0.25, 0.3) is 0 Å². The zero-order chi connectivity index (χ0) is 22.6. The summed E-state index contributed by atoms with van der Waals surface area (Å²) in [6.45, 7) is 0. The lowest BCUT2D eigenvalue weighted by Crippen LogP contribution is -2.37. The summed E-state index contributed by atoms with van der Waals surface area (Å²) >= 11 is 7.05. The number of hydrogen-bond donors (Lipinski definition) is 0. The minimum atomic E-state index is -0.644. The van der Waals surface area contributed by atoms with Gasteiger partial charge >= 0.3 is 5.97 Å². The Balaban J connectivity index is 1.96. The molecule has 0 bridgehead atoms. The summed E-state index contributed by atoms with van der Waals surface area (Å²) < 4.78 is 7.00. The predicted octanol–water partition coefficient (Wildman–Crippen LogP) is 6.10. The Morgan fingerprint density at radius 3 is 1.69 bits per heavy atom. The average molecular weight is 554 g/mol. The maximum Gasteiger partial charge on any atom is 0.321 e. The van der Waals surface area contributed by atoms with Gasteiger partial charge in [-0.3, -0.25) is 4.79 Å².